The topological polar surface area (TPSA) is 65.8 Å². The molecule has 0 unspecified atom stereocenters. The number of benzene rings is 2. The number of fused-ring (bicyclic) bond motifs is 1. The van der Waals surface area contributed by atoms with Gasteiger partial charge < -0.3 is 19.5 Å². The first-order valence-electron chi connectivity index (χ1n) is 10.8. The van der Waals surface area contributed by atoms with Crippen LogP contribution in [0.15, 0.2) is 82.6 Å². The molecule has 0 aliphatic carbocycles. The summed E-state index contributed by atoms with van der Waals surface area (Å²) in [4.78, 5) is 31.1. The van der Waals surface area contributed by atoms with Gasteiger partial charge in [0.15, 0.2) is 0 Å². The molecular weight excluding hydrogens is 434 g/mol. The largest absolute Gasteiger partial charge is 0.449 e. The van der Waals surface area contributed by atoms with Gasteiger partial charge in [0.1, 0.15) is 11.3 Å². The van der Waals surface area contributed by atoms with Gasteiger partial charge in [0.2, 0.25) is 11.7 Å². The van der Waals surface area contributed by atoms with Crippen molar-refractivity contribution < 1.29 is 14.0 Å². The maximum Gasteiger partial charge on any atom is 0.291 e. The number of nitrogens with one attached hydrogen (secondary N) is 1. The van der Waals surface area contributed by atoms with E-state index < -0.39 is 0 Å². The number of carbonyl (C=O) groups is 2. The maximum atomic E-state index is 13.4. The standard InChI is InChI=1S/C26H23N3O3S/c30-23(13-12-20-9-6-18-33-20)27-24-21-10-4-5-11-22(21)32-25(24)26(31)29-16-14-28(15-17-29)19-7-2-1-3-8-19/h1-13,18H,14-17H2,(H,27,30)/b13-12+. The quantitative estimate of drug-likeness (QED) is 0.423. The fourth-order valence-electron chi connectivity index (χ4n) is 3.98. The zero-order chi connectivity index (χ0) is 22.6. The van der Waals surface area contributed by atoms with E-state index in [0.29, 0.717) is 29.7 Å². The molecule has 4 aromatic rings. The van der Waals surface area contributed by atoms with Crippen molar-refractivity contribution in [3.05, 3.63) is 88.8 Å². The zero-order valence-corrected chi connectivity index (χ0v) is 18.8. The van der Waals surface area contributed by atoms with Crippen LogP contribution in [0.25, 0.3) is 17.0 Å². The average Bonchev–Trinajstić information content (AvgIpc) is 3.51. The Labute approximate surface area is 195 Å². The Kier molecular flexibility index (Phi) is 5.95. The van der Waals surface area contributed by atoms with Gasteiger partial charge in [-0.1, -0.05) is 36.4 Å². The number of para-hydroxylation sites is 2. The summed E-state index contributed by atoms with van der Waals surface area (Å²) in [6.07, 6.45) is 3.23. The number of piperazine rings is 1. The van der Waals surface area contributed by atoms with Crippen LogP contribution in [0.3, 0.4) is 0 Å². The number of furan rings is 1. The number of nitrogens with zero attached hydrogens (tertiary/aromatic N) is 2. The molecule has 33 heavy (non-hydrogen) atoms. The van der Waals surface area contributed by atoms with E-state index in [0.717, 1.165) is 23.7 Å². The van der Waals surface area contributed by atoms with Gasteiger partial charge >= 0.3 is 0 Å². The molecule has 0 spiro atoms. The zero-order valence-electron chi connectivity index (χ0n) is 17.9. The van der Waals surface area contributed by atoms with Crippen LogP contribution < -0.4 is 10.2 Å². The molecule has 166 valence electrons. The molecule has 2 aromatic carbocycles. The van der Waals surface area contributed by atoms with Crippen molar-refractivity contribution in [2.24, 2.45) is 0 Å². The van der Waals surface area contributed by atoms with Gasteiger partial charge in [0.25, 0.3) is 5.91 Å². The summed E-state index contributed by atoms with van der Waals surface area (Å²) in [5.41, 5.74) is 2.14. The lowest BCUT2D eigenvalue weighted by molar-refractivity contribution is -0.111. The fourth-order valence-corrected chi connectivity index (χ4v) is 4.60. The molecular formula is C26H23N3O3S. The van der Waals surface area contributed by atoms with Crippen molar-refractivity contribution in [2.45, 2.75) is 0 Å². The number of anilines is 2. The molecule has 0 radical (unpaired) electrons. The van der Waals surface area contributed by atoms with E-state index in [1.165, 1.54) is 6.08 Å². The molecule has 5 rings (SSSR count). The number of carbonyl (C=O) groups excluding carboxylic acids is 2. The van der Waals surface area contributed by atoms with Crippen LogP contribution in [-0.4, -0.2) is 42.9 Å². The average molecular weight is 458 g/mol. The number of hydrogen-bond donors (Lipinski definition) is 1. The van der Waals surface area contributed by atoms with Crippen molar-refractivity contribution in [1.29, 1.82) is 0 Å². The first-order valence-corrected chi connectivity index (χ1v) is 11.7. The molecule has 2 amide bonds. The summed E-state index contributed by atoms with van der Waals surface area (Å²) in [5.74, 6) is -0.350. The van der Waals surface area contributed by atoms with Gasteiger partial charge in [-0.15, -0.1) is 11.3 Å². The molecule has 1 aliphatic heterocycles. The molecule has 1 saturated heterocycles. The normalized spacial score (nSPS) is 14.2. The third kappa shape index (κ3) is 4.54. The lowest BCUT2D eigenvalue weighted by atomic mass is 10.2. The lowest BCUT2D eigenvalue weighted by Gasteiger charge is -2.35. The van der Waals surface area contributed by atoms with E-state index in [9.17, 15) is 9.59 Å². The lowest BCUT2D eigenvalue weighted by Crippen LogP contribution is -2.48. The summed E-state index contributed by atoms with van der Waals surface area (Å²) in [6, 6.07) is 21.4. The summed E-state index contributed by atoms with van der Waals surface area (Å²) in [5, 5.41) is 5.54. The second-order valence-corrected chi connectivity index (χ2v) is 8.73. The van der Waals surface area contributed by atoms with Crippen LogP contribution in [0.4, 0.5) is 11.4 Å². The highest BCUT2D eigenvalue weighted by molar-refractivity contribution is 7.10. The summed E-state index contributed by atoms with van der Waals surface area (Å²) >= 11 is 1.55. The molecule has 7 heteroatoms. The van der Waals surface area contributed by atoms with Crippen LogP contribution >= 0.6 is 11.3 Å². The van der Waals surface area contributed by atoms with Gasteiger partial charge in [-0.25, -0.2) is 0 Å². The number of hydrogen-bond acceptors (Lipinski definition) is 5. The maximum absolute atomic E-state index is 13.4. The molecule has 1 fully saturated rings. The Morgan fingerprint density at radius 1 is 0.909 bits per heavy atom. The van der Waals surface area contributed by atoms with Gasteiger partial charge in [-0.3, -0.25) is 9.59 Å². The SMILES string of the molecule is O=C(/C=C/c1cccs1)Nc1c(C(=O)N2CCN(c3ccccc3)CC2)oc2ccccc12. The fraction of sp³-hybridized carbons (Fsp3) is 0.154. The smallest absolute Gasteiger partial charge is 0.291 e. The number of amides is 2. The highest BCUT2D eigenvalue weighted by Crippen LogP contribution is 2.32. The van der Waals surface area contributed by atoms with Crippen LogP contribution in [0.1, 0.15) is 15.4 Å². The van der Waals surface area contributed by atoms with Crippen LogP contribution in [0.5, 0.6) is 0 Å². The number of thiophene rings is 1. The molecule has 0 atom stereocenters. The Bertz CT molecular complexity index is 1290. The van der Waals surface area contributed by atoms with Crippen LogP contribution in [0, 0.1) is 0 Å². The van der Waals surface area contributed by atoms with E-state index in [2.05, 4.69) is 22.3 Å². The monoisotopic (exact) mass is 457 g/mol. The Morgan fingerprint density at radius 3 is 2.42 bits per heavy atom. The van der Waals surface area contributed by atoms with Gasteiger partial charge in [-0.2, -0.15) is 0 Å². The summed E-state index contributed by atoms with van der Waals surface area (Å²) < 4.78 is 5.94. The second kappa shape index (κ2) is 9.34. The highest BCUT2D eigenvalue weighted by atomic mass is 32.1. The first kappa shape index (κ1) is 21.0. The predicted octanol–water partition coefficient (Wildman–Crippen LogP) is 5.11. The van der Waals surface area contributed by atoms with Crippen molar-refractivity contribution >= 4 is 51.6 Å². The van der Waals surface area contributed by atoms with E-state index in [1.807, 2.05) is 53.9 Å². The molecule has 1 aliphatic rings. The van der Waals surface area contributed by atoms with Crippen molar-refractivity contribution in [1.82, 2.24) is 4.90 Å². The minimum absolute atomic E-state index is 0.169. The first-order chi connectivity index (χ1) is 16.2. The van der Waals surface area contributed by atoms with Crippen molar-refractivity contribution in [2.75, 3.05) is 36.4 Å². The van der Waals surface area contributed by atoms with E-state index in [4.69, 9.17) is 4.42 Å². The van der Waals surface area contributed by atoms with Gasteiger partial charge in [0, 0.05) is 48.2 Å². The van der Waals surface area contributed by atoms with Crippen LogP contribution in [-0.2, 0) is 4.79 Å². The minimum atomic E-state index is -0.308. The Balaban J connectivity index is 1.35. The molecule has 0 saturated carbocycles. The highest BCUT2D eigenvalue weighted by Gasteiger charge is 2.28. The molecule has 2 aromatic heterocycles. The van der Waals surface area contributed by atoms with E-state index in [-0.39, 0.29) is 17.6 Å². The third-order valence-corrected chi connectivity index (χ3v) is 6.51. The minimum Gasteiger partial charge on any atom is -0.449 e. The predicted molar refractivity (Wildman–Crippen MR) is 133 cm³/mol. The second-order valence-electron chi connectivity index (χ2n) is 7.76. The molecule has 3 heterocycles. The van der Waals surface area contributed by atoms with Gasteiger partial charge in [0.05, 0.1) is 0 Å². The molecule has 1 N–H and O–H groups in total. The van der Waals surface area contributed by atoms with E-state index in [1.54, 1.807) is 28.4 Å². The van der Waals surface area contributed by atoms with Crippen LogP contribution in [0.2, 0.25) is 0 Å². The Hall–Kier alpha value is -3.84. The Morgan fingerprint density at radius 2 is 1.67 bits per heavy atom. The van der Waals surface area contributed by atoms with Crippen molar-refractivity contribution in [3.8, 4) is 0 Å². The number of rotatable bonds is 5. The molecule has 6 nitrogen and oxygen atoms in total. The third-order valence-electron chi connectivity index (χ3n) is 5.67. The summed E-state index contributed by atoms with van der Waals surface area (Å²) in [7, 11) is 0. The molecule has 0 bridgehead atoms. The van der Waals surface area contributed by atoms with E-state index >= 15 is 0 Å². The van der Waals surface area contributed by atoms with Crippen molar-refractivity contribution in [3.63, 3.8) is 0 Å². The van der Waals surface area contributed by atoms with Gasteiger partial charge in [-0.05, 0) is 41.8 Å². The summed E-state index contributed by atoms with van der Waals surface area (Å²) in [6.45, 7) is 2.63.